The number of aliphatic hydroxyl groups is 1. The number of hydrogen-bond donors (Lipinski definition) is 1. The third kappa shape index (κ3) is 11.5. The Morgan fingerprint density at radius 1 is 1.06 bits per heavy atom. The fourth-order valence-corrected chi connectivity index (χ4v) is 1.71. The summed E-state index contributed by atoms with van der Waals surface area (Å²) in [5.74, 6) is 0.708. The maximum absolute atomic E-state index is 8.61. The molecule has 0 heterocycles. The van der Waals surface area contributed by atoms with E-state index in [0.29, 0.717) is 12.5 Å². The molecule has 1 atom stereocenters. The third-order valence-electron chi connectivity index (χ3n) is 2.71. The van der Waals surface area contributed by atoms with E-state index in [9.17, 15) is 0 Å². The van der Waals surface area contributed by atoms with E-state index >= 15 is 0 Å². The SMILES string of the molecule is CCCC(C)C=CC=CCCCCCCO. The van der Waals surface area contributed by atoms with Gasteiger partial charge in [-0.1, -0.05) is 57.4 Å². The molecule has 1 unspecified atom stereocenters. The molecular formula is C15H28O. The van der Waals surface area contributed by atoms with Crippen molar-refractivity contribution in [1.82, 2.24) is 0 Å². The average Bonchev–Trinajstić information content (AvgIpc) is 2.27. The van der Waals surface area contributed by atoms with Gasteiger partial charge in [0, 0.05) is 6.61 Å². The van der Waals surface area contributed by atoms with Crippen LogP contribution in [0.4, 0.5) is 0 Å². The Hall–Kier alpha value is -0.560. The molecule has 0 aromatic carbocycles. The summed E-state index contributed by atoms with van der Waals surface area (Å²) in [4.78, 5) is 0. The molecule has 0 rings (SSSR count). The lowest BCUT2D eigenvalue weighted by Crippen LogP contribution is -1.86. The van der Waals surface area contributed by atoms with Gasteiger partial charge >= 0.3 is 0 Å². The first-order chi connectivity index (χ1) is 7.81. The van der Waals surface area contributed by atoms with Gasteiger partial charge in [-0.05, 0) is 31.6 Å². The molecule has 0 aromatic heterocycles. The fourth-order valence-electron chi connectivity index (χ4n) is 1.71. The van der Waals surface area contributed by atoms with E-state index in [2.05, 4.69) is 38.2 Å². The zero-order valence-corrected chi connectivity index (χ0v) is 11.0. The zero-order chi connectivity index (χ0) is 12.1. The zero-order valence-electron chi connectivity index (χ0n) is 11.0. The molecule has 0 saturated carbocycles. The summed E-state index contributed by atoms with van der Waals surface area (Å²) in [5.41, 5.74) is 0. The Kier molecular flexibility index (Phi) is 12.1. The highest BCUT2D eigenvalue weighted by molar-refractivity contribution is 5.03. The first kappa shape index (κ1) is 15.4. The standard InChI is InChI=1S/C15H28O/c1-3-12-15(2)13-10-8-6-4-5-7-9-11-14-16/h6,8,10,13,15-16H,3-5,7,9,11-12,14H2,1-2H3. The highest BCUT2D eigenvalue weighted by Crippen LogP contribution is 2.06. The van der Waals surface area contributed by atoms with Gasteiger partial charge in [-0.15, -0.1) is 0 Å². The lowest BCUT2D eigenvalue weighted by atomic mass is 10.1. The van der Waals surface area contributed by atoms with Gasteiger partial charge in [0.15, 0.2) is 0 Å². The smallest absolute Gasteiger partial charge is 0.0431 e. The van der Waals surface area contributed by atoms with E-state index in [-0.39, 0.29) is 0 Å². The van der Waals surface area contributed by atoms with Gasteiger partial charge in [-0.3, -0.25) is 0 Å². The number of hydrogen-bond acceptors (Lipinski definition) is 1. The average molecular weight is 224 g/mol. The maximum Gasteiger partial charge on any atom is 0.0431 e. The van der Waals surface area contributed by atoms with Gasteiger partial charge < -0.3 is 5.11 Å². The minimum absolute atomic E-state index is 0.341. The van der Waals surface area contributed by atoms with E-state index in [4.69, 9.17) is 5.11 Å². The van der Waals surface area contributed by atoms with Gasteiger partial charge in [-0.25, -0.2) is 0 Å². The van der Waals surface area contributed by atoms with Crippen LogP contribution in [0.5, 0.6) is 0 Å². The Morgan fingerprint density at radius 3 is 2.50 bits per heavy atom. The minimum atomic E-state index is 0.341. The molecule has 1 nitrogen and oxygen atoms in total. The molecule has 0 aliphatic carbocycles. The van der Waals surface area contributed by atoms with Crippen LogP contribution in [-0.4, -0.2) is 11.7 Å². The Bertz CT molecular complexity index is 182. The van der Waals surface area contributed by atoms with Crippen LogP contribution in [0, 0.1) is 5.92 Å². The quantitative estimate of drug-likeness (QED) is 0.428. The summed E-state index contributed by atoms with van der Waals surface area (Å²) >= 11 is 0. The van der Waals surface area contributed by atoms with Gasteiger partial charge in [-0.2, -0.15) is 0 Å². The molecule has 94 valence electrons. The molecule has 0 aromatic rings. The predicted octanol–water partition coefficient (Wildman–Crippen LogP) is 4.48. The Balaban J connectivity index is 3.33. The van der Waals surface area contributed by atoms with E-state index in [1.807, 2.05) is 0 Å². The maximum atomic E-state index is 8.61. The van der Waals surface area contributed by atoms with Gasteiger partial charge in [0.25, 0.3) is 0 Å². The van der Waals surface area contributed by atoms with Crippen LogP contribution in [-0.2, 0) is 0 Å². The second-order valence-corrected chi connectivity index (χ2v) is 4.51. The predicted molar refractivity (Wildman–Crippen MR) is 72.5 cm³/mol. The lowest BCUT2D eigenvalue weighted by Gasteiger charge is -2.00. The van der Waals surface area contributed by atoms with E-state index in [1.54, 1.807) is 0 Å². The monoisotopic (exact) mass is 224 g/mol. The highest BCUT2D eigenvalue weighted by Gasteiger charge is 1.91. The first-order valence-corrected chi connectivity index (χ1v) is 6.75. The summed E-state index contributed by atoms with van der Waals surface area (Å²) in [6.07, 6.45) is 17.2. The Labute approximate surface area is 101 Å². The van der Waals surface area contributed by atoms with Gasteiger partial charge in [0.1, 0.15) is 0 Å². The molecule has 0 amide bonds. The number of allylic oxidation sites excluding steroid dienone is 4. The van der Waals surface area contributed by atoms with E-state index in [0.717, 1.165) is 19.3 Å². The Morgan fingerprint density at radius 2 is 1.81 bits per heavy atom. The molecule has 0 fully saturated rings. The van der Waals surface area contributed by atoms with Crippen molar-refractivity contribution in [1.29, 1.82) is 0 Å². The summed E-state index contributed by atoms with van der Waals surface area (Å²) in [5, 5.41) is 8.61. The normalized spacial score (nSPS) is 13.9. The third-order valence-corrected chi connectivity index (χ3v) is 2.71. The van der Waals surface area contributed by atoms with Crippen LogP contribution in [0.25, 0.3) is 0 Å². The molecule has 0 aliphatic rings. The molecular weight excluding hydrogens is 196 g/mol. The van der Waals surface area contributed by atoms with Crippen LogP contribution in [0.2, 0.25) is 0 Å². The number of rotatable bonds is 10. The summed E-state index contributed by atoms with van der Waals surface area (Å²) in [6.45, 7) is 4.84. The molecule has 0 bridgehead atoms. The number of unbranched alkanes of at least 4 members (excludes halogenated alkanes) is 4. The largest absolute Gasteiger partial charge is 0.396 e. The summed E-state index contributed by atoms with van der Waals surface area (Å²) in [6, 6.07) is 0. The van der Waals surface area contributed by atoms with E-state index in [1.165, 1.54) is 25.7 Å². The van der Waals surface area contributed by atoms with Crippen molar-refractivity contribution in [3.8, 4) is 0 Å². The topological polar surface area (TPSA) is 20.2 Å². The second-order valence-electron chi connectivity index (χ2n) is 4.51. The van der Waals surface area contributed by atoms with Crippen molar-refractivity contribution in [3.05, 3.63) is 24.3 Å². The molecule has 0 spiro atoms. The van der Waals surface area contributed by atoms with Gasteiger partial charge in [0.2, 0.25) is 0 Å². The van der Waals surface area contributed by atoms with Crippen molar-refractivity contribution in [2.45, 2.75) is 58.8 Å². The minimum Gasteiger partial charge on any atom is -0.396 e. The van der Waals surface area contributed by atoms with Gasteiger partial charge in [0.05, 0.1) is 0 Å². The van der Waals surface area contributed by atoms with Crippen LogP contribution in [0.1, 0.15) is 58.8 Å². The molecule has 1 N–H and O–H groups in total. The first-order valence-electron chi connectivity index (χ1n) is 6.75. The van der Waals surface area contributed by atoms with Crippen LogP contribution >= 0.6 is 0 Å². The van der Waals surface area contributed by atoms with Crippen molar-refractivity contribution < 1.29 is 5.11 Å². The fraction of sp³-hybridized carbons (Fsp3) is 0.733. The van der Waals surface area contributed by atoms with Crippen LogP contribution in [0.15, 0.2) is 24.3 Å². The van der Waals surface area contributed by atoms with Crippen molar-refractivity contribution in [3.63, 3.8) is 0 Å². The molecule has 0 radical (unpaired) electrons. The molecule has 0 aliphatic heterocycles. The van der Waals surface area contributed by atoms with Crippen molar-refractivity contribution in [2.24, 2.45) is 5.92 Å². The van der Waals surface area contributed by atoms with Crippen LogP contribution < -0.4 is 0 Å². The lowest BCUT2D eigenvalue weighted by molar-refractivity contribution is 0.282. The molecule has 1 heteroatoms. The van der Waals surface area contributed by atoms with Crippen molar-refractivity contribution >= 4 is 0 Å². The molecule has 0 saturated heterocycles. The summed E-state index contributed by atoms with van der Waals surface area (Å²) in [7, 11) is 0. The summed E-state index contributed by atoms with van der Waals surface area (Å²) < 4.78 is 0. The van der Waals surface area contributed by atoms with Crippen molar-refractivity contribution in [2.75, 3.05) is 6.61 Å². The second kappa shape index (κ2) is 12.5. The molecule has 16 heavy (non-hydrogen) atoms. The van der Waals surface area contributed by atoms with E-state index < -0.39 is 0 Å². The highest BCUT2D eigenvalue weighted by atomic mass is 16.2. The van der Waals surface area contributed by atoms with Crippen LogP contribution in [0.3, 0.4) is 0 Å². The number of aliphatic hydroxyl groups excluding tert-OH is 1.